The molecule has 0 spiro atoms. The molecule has 0 fully saturated rings. The van der Waals surface area contributed by atoms with Crippen molar-refractivity contribution in [3.05, 3.63) is 11.5 Å². The second-order valence-corrected chi connectivity index (χ2v) is 5.20. The summed E-state index contributed by atoms with van der Waals surface area (Å²) in [4.78, 5) is 0. The van der Waals surface area contributed by atoms with Crippen molar-refractivity contribution in [2.24, 2.45) is 0 Å². The van der Waals surface area contributed by atoms with Gasteiger partial charge in [0.1, 0.15) is 6.10 Å². The van der Waals surface area contributed by atoms with E-state index < -0.39 is 32.1 Å². The molecule has 0 bridgehead atoms. The molecule has 0 unspecified atom stereocenters. The average molecular weight is 214 g/mol. The predicted molar refractivity (Wildman–Crippen MR) is 39.3 cm³/mol. The van der Waals surface area contributed by atoms with Crippen molar-refractivity contribution in [3.63, 3.8) is 0 Å². The van der Waals surface area contributed by atoms with E-state index in [4.69, 9.17) is 4.55 Å². The highest BCUT2D eigenvalue weighted by molar-refractivity contribution is 7.94. The first-order valence-electron chi connectivity index (χ1n) is 2.85. The monoisotopic (exact) mass is 214 g/mol. The van der Waals surface area contributed by atoms with Gasteiger partial charge in [0.25, 0.3) is 0 Å². The van der Waals surface area contributed by atoms with Crippen LogP contribution in [0.15, 0.2) is 11.5 Å². The molecule has 70 valence electrons. The van der Waals surface area contributed by atoms with E-state index in [1.54, 1.807) is 0 Å². The van der Waals surface area contributed by atoms with Crippen LogP contribution in [0.1, 0.15) is 0 Å². The molecule has 1 aliphatic rings. The molecular formula is C4H6O6S2. The van der Waals surface area contributed by atoms with E-state index in [1.165, 1.54) is 0 Å². The van der Waals surface area contributed by atoms with E-state index in [2.05, 4.69) is 4.18 Å². The maximum atomic E-state index is 10.7. The first-order valence-corrected chi connectivity index (χ1v) is 5.93. The van der Waals surface area contributed by atoms with Gasteiger partial charge in [-0.2, -0.15) is 8.42 Å². The van der Waals surface area contributed by atoms with E-state index >= 15 is 0 Å². The fourth-order valence-electron chi connectivity index (χ4n) is 0.763. The smallest absolute Gasteiger partial charge is 0.264 e. The van der Waals surface area contributed by atoms with Crippen LogP contribution in [0.5, 0.6) is 0 Å². The van der Waals surface area contributed by atoms with Gasteiger partial charge in [0, 0.05) is 5.41 Å². The molecule has 1 rings (SSSR count). The van der Waals surface area contributed by atoms with Crippen molar-refractivity contribution in [2.45, 2.75) is 6.10 Å². The minimum atomic E-state index is -4.57. The van der Waals surface area contributed by atoms with Gasteiger partial charge >= 0.3 is 10.4 Å². The first-order chi connectivity index (χ1) is 5.29. The molecule has 0 aromatic rings. The summed E-state index contributed by atoms with van der Waals surface area (Å²) in [6, 6.07) is 0. The Kier molecular flexibility index (Phi) is 2.25. The largest absolute Gasteiger partial charge is 0.397 e. The van der Waals surface area contributed by atoms with Crippen molar-refractivity contribution in [2.75, 3.05) is 5.75 Å². The maximum absolute atomic E-state index is 10.7. The van der Waals surface area contributed by atoms with Crippen molar-refractivity contribution in [3.8, 4) is 0 Å². The second-order valence-electron chi connectivity index (χ2n) is 2.22. The Morgan fingerprint density at radius 3 is 2.42 bits per heavy atom. The first kappa shape index (κ1) is 9.65. The van der Waals surface area contributed by atoms with Gasteiger partial charge in [-0.05, 0) is 6.08 Å². The Morgan fingerprint density at radius 1 is 1.50 bits per heavy atom. The summed E-state index contributed by atoms with van der Waals surface area (Å²) in [5.41, 5.74) is 0. The third kappa shape index (κ3) is 2.89. The molecule has 0 saturated heterocycles. The molecule has 1 N–H and O–H groups in total. The highest BCUT2D eigenvalue weighted by Crippen LogP contribution is 2.12. The summed E-state index contributed by atoms with van der Waals surface area (Å²) in [6.07, 6.45) is -0.0478. The molecule has 1 heterocycles. The number of hydrogen-bond donors (Lipinski definition) is 1. The maximum Gasteiger partial charge on any atom is 0.397 e. The Balaban J connectivity index is 2.69. The minimum Gasteiger partial charge on any atom is -0.264 e. The lowest BCUT2D eigenvalue weighted by Gasteiger charge is -2.03. The SMILES string of the molecule is O=S1(=O)C=C[C@H](OS(=O)(=O)O)C1. The van der Waals surface area contributed by atoms with Gasteiger partial charge < -0.3 is 0 Å². The van der Waals surface area contributed by atoms with Crippen LogP contribution in [0.2, 0.25) is 0 Å². The van der Waals surface area contributed by atoms with Crippen molar-refractivity contribution >= 4 is 20.2 Å². The van der Waals surface area contributed by atoms with Crippen LogP contribution in [-0.4, -0.2) is 33.2 Å². The third-order valence-electron chi connectivity index (χ3n) is 1.14. The minimum absolute atomic E-state index is 0.452. The van der Waals surface area contributed by atoms with Crippen LogP contribution >= 0.6 is 0 Å². The molecule has 0 amide bonds. The van der Waals surface area contributed by atoms with Crippen LogP contribution in [0, 0.1) is 0 Å². The van der Waals surface area contributed by atoms with E-state index in [0.717, 1.165) is 11.5 Å². The molecule has 0 radical (unpaired) electrons. The molecule has 0 aliphatic carbocycles. The van der Waals surface area contributed by atoms with Crippen LogP contribution in [0.3, 0.4) is 0 Å². The van der Waals surface area contributed by atoms with Crippen molar-refractivity contribution < 1.29 is 25.6 Å². The molecule has 0 aromatic carbocycles. The van der Waals surface area contributed by atoms with Crippen molar-refractivity contribution in [1.82, 2.24) is 0 Å². The van der Waals surface area contributed by atoms with Gasteiger partial charge in [-0.3, -0.25) is 4.55 Å². The topological polar surface area (TPSA) is 97.7 Å². The Hall–Kier alpha value is -0.440. The molecule has 8 heteroatoms. The fraction of sp³-hybridized carbons (Fsp3) is 0.500. The zero-order valence-electron chi connectivity index (χ0n) is 5.74. The van der Waals surface area contributed by atoms with E-state index in [9.17, 15) is 16.8 Å². The fourth-order valence-corrected chi connectivity index (χ4v) is 2.46. The lowest BCUT2D eigenvalue weighted by molar-refractivity contribution is 0.238. The van der Waals surface area contributed by atoms with Gasteiger partial charge in [0.15, 0.2) is 9.84 Å². The number of rotatable bonds is 2. The van der Waals surface area contributed by atoms with Crippen LogP contribution in [0.25, 0.3) is 0 Å². The highest BCUT2D eigenvalue weighted by Gasteiger charge is 2.26. The van der Waals surface area contributed by atoms with Gasteiger partial charge in [-0.25, -0.2) is 12.6 Å². The average Bonchev–Trinajstić information content (AvgIpc) is 2.05. The van der Waals surface area contributed by atoms with Crippen LogP contribution < -0.4 is 0 Å². The Labute approximate surface area is 69.7 Å². The van der Waals surface area contributed by atoms with E-state index in [-0.39, 0.29) is 0 Å². The highest BCUT2D eigenvalue weighted by atomic mass is 32.3. The normalized spacial score (nSPS) is 27.6. The Bertz CT molecular complexity index is 387. The lowest BCUT2D eigenvalue weighted by atomic mass is 10.4. The molecule has 12 heavy (non-hydrogen) atoms. The quantitative estimate of drug-likeness (QED) is 0.599. The summed E-state index contributed by atoms with van der Waals surface area (Å²) in [5.74, 6) is -0.452. The molecular weight excluding hydrogens is 208 g/mol. The van der Waals surface area contributed by atoms with Gasteiger partial charge in [0.05, 0.1) is 5.75 Å². The van der Waals surface area contributed by atoms with Gasteiger partial charge in [-0.1, -0.05) is 0 Å². The molecule has 1 atom stereocenters. The summed E-state index contributed by atoms with van der Waals surface area (Å²) in [6.45, 7) is 0. The molecule has 0 saturated carbocycles. The summed E-state index contributed by atoms with van der Waals surface area (Å²) in [5, 5.41) is 0.850. The molecule has 1 aliphatic heterocycles. The second kappa shape index (κ2) is 2.80. The third-order valence-corrected chi connectivity index (χ3v) is 3.00. The summed E-state index contributed by atoms with van der Waals surface area (Å²) in [7, 11) is -7.92. The van der Waals surface area contributed by atoms with Crippen LogP contribution in [0.4, 0.5) is 0 Å². The van der Waals surface area contributed by atoms with E-state index in [1.807, 2.05) is 0 Å². The van der Waals surface area contributed by atoms with Gasteiger partial charge in [-0.15, -0.1) is 0 Å². The zero-order valence-corrected chi connectivity index (χ0v) is 7.38. The lowest BCUT2D eigenvalue weighted by Crippen LogP contribution is -2.19. The van der Waals surface area contributed by atoms with Gasteiger partial charge in [0.2, 0.25) is 0 Å². The number of sulfone groups is 1. The number of hydrogen-bond acceptors (Lipinski definition) is 5. The zero-order chi connectivity index (χ0) is 9.41. The van der Waals surface area contributed by atoms with Crippen molar-refractivity contribution in [1.29, 1.82) is 0 Å². The summed E-state index contributed by atoms with van der Waals surface area (Å²) >= 11 is 0. The molecule has 0 aromatic heterocycles. The summed E-state index contributed by atoms with van der Waals surface area (Å²) < 4.78 is 53.7. The molecule has 6 nitrogen and oxygen atoms in total. The predicted octanol–water partition coefficient (Wildman–Crippen LogP) is -0.883. The van der Waals surface area contributed by atoms with E-state index in [0.29, 0.717) is 0 Å². The standard InChI is InChI=1S/C4H6O6S2/c5-11(6)2-1-4(3-11)10-12(7,8)9/h1-2,4H,3H2,(H,7,8,9)/t4-/m0/s1. The Morgan fingerprint density at radius 2 is 2.08 bits per heavy atom. The van der Waals surface area contributed by atoms with Crippen LogP contribution in [-0.2, 0) is 24.4 Å².